The molecule has 2 N–H and O–H groups in total. The number of rotatable bonds is 8. The van der Waals surface area contributed by atoms with Crippen molar-refractivity contribution in [1.29, 1.82) is 0 Å². The van der Waals surface area contributed by atoms with E-state index in [1.165, 1.54) is 0 Å². The molecule has 0 saturated carbocycles. The summed E-state index contributed by atoms with van der Waals surface area (Å²) in [6, 6.07) is 15.4. The topological polar surface area (TPSA) is 96.3 Å². The lowest BCUT2D eigenvalue weighted by Crippen LogP contribution is -2.34. The quantitative estimate of drug-likeness (QED) is 0.503. The van der Waals surface area contributed by atoms with Crippen molar-refractivity contribution in [3.8, 4) is 0 Å². The number of imide groups is 1. The molecule has 1 saturated heterocycles. The van der Waals surface area contributed by atoms with Crippen LogP contribution >= 0.6 is 0 Å². The van der Waals surface area contributed by atoms with Gasteiger partial charge in [-0.1, -0.05) is 56.3 Å². The molecular formula is C26H29N5O3. The molecule has 0 bridgehead atoms. The molecule has 0 spiro atoms. The highest BCUT2D eigenvalue weighted by Gasteiger charge is 2.39. The van der Waals surface area contributed by atoms with Gasteiger partial charge >= 0.3 is 6.03 Å². The largest absolute Gasteiger partial charge is 0.342 e. The van der Waals surface area contributed by atoms with Crippen LogP contribution in [0.15, 0.2) is 67.0 Å². The summed E-state index contributed by atoms with van der Waals surface area (Å²) in [5, 5.41) is 5.73. The number of nitrogens with zero attached hydrogens (tertiary/aromatic N) is 3. The Morgan fingerprint density at radius 1 is 1.06 bits per heavy atom. The summed E-state index contributed by atoms with van der Waals surface area (Å²) in [4.78, 5) is 43.8. The fourth-order valence-corrected chi connectivity index (χ4v) is 4.09. The number of nitrogens with one attached hydrogen (secondary N) is 2. The van der Waals surface area contributed by atoms with Crippen molar-refractivity contribution in [2.24, 2.45) is 7.05 Å². The second kappa shape index (κ2) is 9.91. The summed E-state index contributed by atoms with van der Waals surface area (Å²) in [6.45, 7) is 4.17. The van der Waals surface area contributed by atoms with Crippen molar-refractivity contribution >= 4 is 23.5 Å². The van der Waals surface area contributed by atoms with Gasteiger partial charge in [0.25, 0.3) is 5.91 Å². The lowest BCUT2D eigenvalue weighted by atomic mass is 10.0. The summed E-state index contributed by atoms with van der Waals surface area (Å²) in [6.07, 6.45) is 3.81. The van der Waals surface area contributed by atoms with E-state index in [0.29, 0.717) is 17.4 Å². The maximum atomic E-state index is 12.9. The maximum absolute atomic E-state index is 12.9. The fraction of sp³-hybridized carbons (Fsp3) is 0.308. The number of benzene rings is 2. The number of carbonyl (C=O) groups is 3. The Hall–Kier alpha value is -3.94. The van der Waals surface area contributed by atoms with Gasteiger partial charge in [-0.05, 0) is 35.6 Å². The molecule has 2 aromatic carbocycles. The van der Waals surface area contributed by atoms with Crippen LogP contribution < -0.4 is 15.5 Å². The van der Waals surface area contributed by atoms with Gasteiger partial charge in [0.15, 0.2) is 0 Å². The van der Waals surface area contributed by atoms with Gasteiger partial charge in [-0.25, -0.2) is 14.7 Å². The lowest BCUT2D eigenvalue weighted by Gasteiger charge is -2.19. The average Bonchev–Trinajstić information content (AvgIpc) is 3.38. The van der Waals surface area contributed by atoms with Gasteiger partial charge in [0.2, 0.25) is 5.91 Å². The van der Waals surface area contributed by atoms with Crippen LogP contribution in [0.3, 0.4) is 0 Å². The maximum Gasteiger partial charge on any atom is 0.329 e. The number of hydrogen-bond acceptors (Lipinski definition) is 4. The smallest absolute Gasteiger partial charge is 0.329 e. The van der Waals surface area contributed by atoms with Crippen molar-refractivity contribution in [1.82, 2.24) is 20.2 Å². The molecule has 0 aliphatic carbocycles. The number of aryl methyl sites for hydroxylation is 1. The average molecular weight is 460 g/mol. The van der Waals surface area contributed by atoms with Crippen LogP contribution in [-0.2, 0) is 16.6 Å². The first-order valence-electron chi connectivity index (χ1n) is 11.4. The number of imidazole rings is 1. The molecule has 1 fully saturated rings. The lowest BCUT2D eigenvalue weighted by molar-refractivity contribution is -0.122. The molecule has 4 amide bonds. The number of anilines is 1. The predicted molar refractivity (Wildman–Crippen MR) is 129 cm³/mol. The molecule has 176 valence electrons. The highest BCUT2D eigenvalue weighted by molar-refractivity contribution is 6.21. The van der Waals surface area contributed by atoms with E-state index in [4.69, 9.17) is 0 Å². The fourth-order valence-electron chi connectivity index (χ4n) is 4.09. The molecule has 0 radical (unpaired) electrons. The van der Waals surface area contributed by atoms with Gasteiger partial charge in [0, 0.05) is 25.9 Å². The molecule has 1 aromatic heterocycles. The normalized spacial score (nSPS) is 16.6. The van der Waals surface area contributed by atoms with Crippen molar-refractivity contribution in [2.45, 2.75) is 44.7 Å². The molecule has 1 aliphatic heterocycles. The van der Waals surface area contributed by atoms with E-state index in [1.54, 1.807) is 18.3 Å². The number of hydrogen-bond donors (Lipinski definition) is 2. The van der Waals surface area contributed by atoms with Crippen molar-refractivity contribution in [2.75, 3.05) is 4.90 Å². The van der Waals surface area contributed by atoms with Crippen molar-refractivity contribution < 1.29 is 14.4 Å². The summed E-state index contributed by atoms with van der Waals surface area (Å²) in [7, 11) is 1.87. The Bertz CT molecular complexity index is 1170. The monoisotopic (exact) mass is 459 g/mol. The summed E-state index contributed by atoms with van der Waals surface area (Å²) in [5.74, 6) is 0.493. The van der Waals surface area contributed by atoms with E-state index in [-0.39, 0.29) is 24.7 Å². The summed E-state index contributed by atoms with van der Waals surface area (Å²) >= 11 is 0. The van der Waals surface area contributed by atoms with Crippen LogP contribution in [0.25, 0.3) is 0 Å². The van der Waals surface area contributed by atoms with E-state index in [1.807, 2.05) is 60.3 Å². The minimum Gasteiger partial charge on any atom is -0.342 e. The molecule has 34 heavy (non-hydrogen) atoms. The summed E-state index contributed by atoms with van der Waals surface area (Å²) in [5.41, 5.74) is 2.56. The molecule has 3 aromatic rings. The minimum absolute atomic E-state index is 0.0879. The zero-order valence-corrected chi connectivity index (χ0v) is 19.6. The van der Waals surface area contributed by atoms with Gasteiger partial charge in [0.1, 0.15) is 17.9 Å². The standard InChI is InChI=1S/C26H29N5O3/c1-17(2)18-9-11-20(12-10-18)31-25(33)21(28-26(31)34)13-14-22(32)29-23(19-7-5-4-6-8-19)24-27-15-16-30(24)3/h4-12,15-17,21,23H,13-14H2,1-3H3,(H,28,34)(H,29,32)/t21-,23-/m1/s1. The Balaban J connectivity index is 1.41. The van der Waals surface area contributed by atoms with Gasteiger partial charge in [0.05, 0.1) is 5.69 Å². The molecule has 2 atom stereocenters. The second-order valence-electron chi connectivity index (χ2n) is 8.77. The molecule has 8 nitrogen and oxygen atoms in total. The second-order valence-corrected chi connectivity index (χ2v) is 8.77. The number of urea groups is 1. The summed E-state index contributed by atoms with van der Waals surface area (Å²) < 4.78 is 1.86. The van der Waals surface area contributed by atoms with Gasteiger partial charge in [-0.2, -0.15) is 0 Å². The van der Waals surface area contributed by atoms with Gasteiger partial charge < -0.3 is 15.2 Å². The first-order valence-corrected chi connectivity index (χ1v) is 11.4. The van der Waals surface area contributed by atoms with Crippen LogP contribution in [0.5, 0.6) is 0 Å². The van der Waals surface area contributed by atoms with Crippen molar-refractivity contribution in [3.05, 3.63) is 83.9 Å². The molecule has 4 rings (SSSR count). The van der Waals surface area contributed by atoms with E-state index in [2.05, 4.69) is 29.5 Å². The molecular weight excluding hydrogens is 430 g/mol. The van der Waals surface area contributed by atoms with Gasteiger partial charge in [-0.15, -0.1) is 0 Å². The Morgan fingerprint density at radius 3 is 2.38 bits per heavy atom. The molecule has 0 unspecified atom stereocenters. The van der Waals surface area contributed by atoms with E-state index >= 15 is 0 Å². The first kappa shape index (κ1) is 23.2. The zero-order chi connectivity index (χ0) is 24.2. The van der Waals surface area contributed by atoms with Crippen LogP contribution in [0, 0.1) is 0 Å². The number of carbonyl (C=O) groups excluding carboxylic acids is 3. The Kier molecular flexibility index (Phi) is 6.77. The highest BCUT2D eigenvalue weighted by atomic mass is 16.2. The van der Waals surface area contributed by atoms with Crippen molar-refractivity contribution in [3.63, 3.8) is 0 Å². The van der Waals surface area contributed by atoms with Crippen LogP contribution in [0.4, 0.5) is 10.5 Å². The van der Waals surface area contributed by atoms with Crippen LogP contribution in [0.2, 0.25) is 0 Å². The SMILES string of the molecule is CC(C)c1ccc(N2C(=O)N[C@H](CCC(=O)N[C@H](c3ccccc3)c3nccn3C)C2=O)cc1. The zero-order valence-electron chi connectivity index (χ0n) is 19.6. The Morgan fingerprint density at radius 2 is 1.76 bits per heavy atom. The van der Waals surface area contributed by atoms with E-state index < -0.39 is 18.1 Å². The number of aromatic nitrogens is 2. The third-order valence-electron chi connectivity index (χ3n) is 6.05. The van der Waals surface area contributed by atoms with Gasteiger partial charge in [-0.3, -0.25) is 9.59 Å². The van der Waals surface area contributed by atoms with Crippen LogP contribution in [0.1, 0.15) is 55.6 Å². The number of amides is 4. The van der Waals surface area contributed by atoms with Crippen LogP contribution in [-0.4, -0.2) is 33.4 Å². The third kappa shape index (κ3) is 4.85. The highest BCUT2D eigenvalue weighted by Crippen LogP contribution is 2.25. The molecule has 8 heteroatoms. The Labute approximate surface area is 199 Å². The first-order chi connectivity index (χ1) is 16.3. The minimum atomic E-state index is -0.744. The van der Waals surface area contributed by atoms with E-state index in [9.17, 15) is 14.4 Å². The molecule has 2 heterocycles. The predicted octanol–water partition coefficient (Wildman–Crippen LogP) is 3.65. The molecule has 1 aliphatic rings. The van der Waals surface area contributed by atoms with E-state index in [0.717, 1.165) is 16.0 Å². The third-order valence-corrected chi connectivity index (χ3v) is 6.05.